The van der Waals surface area contributed by atoms with Gasteiger partial charge in [0.05, 0.1) is 6.54 Å². The van der Waals surface area contributed by atoms with Gasteiger partial charge in [-0.25, -0.2) is 4.39 Å². The number of hydrogen-bond donors (Lipinski definition) is 1. The highest BCUT2D eigenvalue weighted by molar-refractivity contribution is 7.09. The summed E-state index contributed by atoms with van der Waals surface area (Å²) in [6.45, 7) is 0.503. The van der Waals surface area contributed by atoms with Crippen molar-refractivity contribution >= 4 is 17.2 Å². The first-order valence-electron chi connectivity index (χ1n) is 8.20. The van der Waals surface area contributed by atoms with E-state index in [2.05, 4.69) is 15.5 Å². The molecule has 0 aliphatic rings. The molecule has 0 unspecified atom stereocenters. The highest BCUT2D eigenvalue weighted by atomic mass is 32.1. The van der Waals surface area contributed by atoms with Crippen molar-refractivity contribution < 1.29 is 13.7 Å². The molecule has 0 saturated carbocycles. The van der Waals surface area contributed by atoms with Crippen LogP contribution in [0.25, 0.3) is 22.8 Å². The van der Waals surface area contributed by atoms with Crippen LogP contribution in [0.5, 0.6) is 0 Å². The Morgan fingerprint density at radius 1 is 1.04 bits per heavy atom. The Bertz CT molecular complexity index is 1040. The Balaban J connectivity index is 1.46. The Morgan fingerprint density at radius 2 is 1.78 bits per heavy atom. The summed E-state index contributed by atoms with van der Waals surface area (Å²) < 4.78 is 18.3. The van der Waals surface area contributed by atoms with E-state index < -0.39 is 0 Å². The number of carbonyl (C=O) groups is 1. The van der Waals surface area contributed by atoms with Crippen LogP contribution in [-0.2, 0) is 6.54 Å². The van der Waals surface area contributed by atoms with Crippen LogP contribution < -0.4 is 5.32 Å². The number of nitrogens with zero attached hydrogens (tertiary/aromatic N) is 2. The van der Waals surface area contributed by atoms with Crippen molar-refractivity contribution in [3.8, 4) is 22.8 Å². The number of rotatable bonds is 5. The zero-order chi connectivity index (χ0) is 18.6. The van der Waals surface area contributed by atoms with Gasteiger partial charge in [0.2, 0.25) is 5.82 Å². The maximum Gasteiger partial charge on any atom is 0.258 e. The lowest BCUT2D eigenvalue weighted by molar-refractivity contribution is 0.0951. The first kappa shape index (κ1) is 17.1. The number of carbonyl (C=O) groups excluding carboxylic acids is 1. The number of benzene rings is 2. The molecule has 0 bridgehead atoms. The van der Waals surface area contributed by atoms with Crippen molar-refractivity contribution in [2.75, 3.05) is 0 Å². The van der Waals surface area contributed by atoms with E-state index in [1.54, 1.807) is 47.7 Å². The molecule has 5 nitrogen and oxygen atoms in total. The predicted molar refractivity (Wildman–Crippen MR) is 101 cm³/mol. The average molecular weight is 379 g/mol. The molecule has 2 heterocycles. The zero-order valence-electron chi connectivity index (χ0n) is 14.1. The van der Waals surface area contributed by atoms with Gasteiger partial charge in [-0.15, -0.1) is 11.3 Å². The van der Waals surface area contributed by atoms with Crippen molar-refractivity contribution in [3.63, 3.8) is 0 Å². The lowest BCUT2D eigenvalue weighted by Crippen LogP contribution is -2.22. The Hall–Kier alpha value is -3.32. The number of thiophene rings is 1. The van der Waals surface area contributed by atoms with Crippen molar-refractivity contribution in [2.45, 2.75) is 6.54 Å². The van der Waals surface area contributed by atoms with E-state index >= 15 is 0 Å². The van der Waals surface area contributed by atoms with E-state index in [4.69, 9.17) is 4.52 Å². The molecule has 0 fully saturated rings. The fourth-order valence-electron chi connectivity index (χ4n) is 2.50. The van der Waals surface area contributed by atoms with E-state index in [0.29, 0.717) is 35.0 Å². The Labute approximate surface area is 158 Å². The molecule has 0 spiro atoms. The number of hydrogen-bond acceptors (Lipinski definition) is 5. The van der Waals surface area contributed by atoms with E-state index in [1.165, 1.54) is 12.1 Å². The Morgan fingerprint density at radius 3 is 2.48 bits per heavy atom. The SMILES string of the molecule is O=C(NCc1cccs1)c1ccc(-c2nc(-c3ccc(F)cc3)no2)cc1. The van der Waals surface area contributed by atoms with Gasteiger partial charge in [0.25, 0.3) is 11.8 Å². The van der Waals surface area contributed by atoms with Gasteiger partial charge >= 0.3 is 0 Å². The molecule has 0 aliphatic carbocycles. The first-order valence-corrected chi connectivity index (χ1v) is 9.08. The van der Waals surface area contributed by atoms with Crippen molar-refractivity contribution in [2.24, 2.45) is 0 Å². The fourth-order valence-corrected chi connectivity index (χ4v) is 3.15. The fraction of sp³-hybridized carbons (Fsp3) is 0.0500. The molecule has 2 aromatic heterocycles. The second kappa shape index (κ2) is 7.51. The molecule has 1 N–H and O–H groups in total. The molecule has 0 aliphatic heterocycles. The highest BCUT2D eigenvalue weighted by Gasteiger charge is 2.12. The van der Waals surface area contributed by atoms with E-state index in [1.807, 2.05) is 17.5 Å². The summed E-state index contributed by atoms with van der Waals surface area (Å²) >= 11 is 1.60. The minimum atomic E-state index is -0.324. The summed E-state index contributed by atoms with van der Waals surface area (Å²) in [6.07, 6.45) is 0. The van der Waals surface area contributed by atoms with Crippen LogP contribution >= 0.6 is 11.3 Å². The highest BCUT2D eigenvalue weighted by Crippen LogP contribution is 2.22. The minimum absolute atomic E-state index is 0.146. The maximum absolute atomic E-state index is 13.0. The molecule has 27 heavy (non-hydrogen) atoms. The smallest absolute Gasteiger partial charge is 0.258 e. The average Bonchev–Trinajstić information content (AvgIpc) is 3.39. The molecular formula is C20H14FN3O2S. The first-order chi connectivity index (χ1) is 13.2. The van der Waals surface area contributed by atoms with E-state index in [-0.39, 0.29) is 11.7 Å². The van der Waals surface area contributed by atoms with Gasteiger partial charge in [-0.1, -0.05) is 11.2 Å². The van der Waals surface area contributed by atoms with E-state index in [0.717, 1.165) is 4.88 Å². The number of nitrogens with one attached hydrogen (secondary N) is 1. The monoisotopic (exact) mass is 379 g/mol. The van der Waals surface area contributed by atoms with Crippen LogP contribution in [0.4, 0.5) is 4.39 Å². The summed E-state index contributed by atoms with van der Waals surface area (Å²) in [4.78, 5) is 17.6. The molecule has 134 valence electrons. The second-order valence-electron chi connectivity index (χ2n) is 5.77. The Kier molecular flexibility index (Phi) is 4.76. The quantitative estimate of drug-likeness (QED) is 0.553. The maximum atomic E-state index is 13.0. The summed E-state index contributed by atoms with van der Waals surface area (Å²) in [7, 11) is 0. The molecular weight excluding hydrogens is 365 g/mol. The molecule has 4 aromatic rings. The van der Waals surface area contributed by atoms with Crippen molar-refractivity contribution in [1.29, 1.82) is 0 Å². The van der Waals surface area contributed by atoms with Crippen molar-refractivity contribution in [1.82, 2.24) is 15.5 Å². The van der Waals surface area contributed by atoms with Gasteiger partial charge in [0.15, 0.2) is 0 Å². The van der Waals surface area contributed by atoms with Gasteiger partial charge in [-0.2, -0.15) is 4.98 Å². The number of aromatic nitrogens is 2. The van der Waals surface area contributed by atoms with Crippen LogP contribution in [0.15, 0.2) is 70.6 Å². The molecule has 0 saturated heterocycles. The molecule has 0 atom stereocenters. The minimum Gasteiger partial charge on any atom is -0.347 e. The molecule has 7 heteroatoms. The second-order valence-corrected chi connectivity index (χ2v) is 6.80. The third-order valence-corrected chi connectivity index (χ3v) is 4.80. The van der Waals surface area contributed by atoms with Crippen LogP contribution in [0, 0.1) is 5.82 Å². The van der Waals surface area contributed by atoms with Crippen LogP contribution in [0.3, 0.4) is 0 Å². The lowest BCUT2D eigenvalue weighted by Gasteiger charge is -2.04. The normalized spacial score (nSPS) is 10.7. The third-order valence-electron chi connectivity index (χ3n) is 3.93. The topological polar surface area (TPSA) is 68.0 Å². The molecule has 0 radical (unpaired) electrons. The lowest BCUT2D eigenvalue weighted by atomic mass is 10.1. The van der Waals surface area contributed by atoms with Gasteiger partial charge in [-0.3, -0.25) is 4.79 Å². The third kappa shape index (κ3) is 3.93. The van der Waals surface area contributed by atoms with Crippen molar-refractivity contribution in [3.05, 3.63) is 82.3 Å². The van der Waals surface area contributed by atoms with Crippen LogP contribution in [-0.4, -0.2) is 16.0 Å². The van der Waals surface area contributed by atoms with Crippen LogP contribution in [0.1, 0.15) is 15.2 Å². The van der Waals surface area contributed by atoms with E-state index in [9.17, 15) is 9.18 Å². The van der Waals surface area contributed by atoms with Gasteiger partial charge in [0.1, 0.15) is 5.82 Å². The van der Waals surface area contributed by atoms with Crippen LogP contribution in [0.2, 0.25) is 0 Å². The largest absolute Gasteiger partial charge is 0.347 e. The summed E-state index contributed by atoms with van der Waals surface area (Å²) in [6, 6.07) is 16.7. The standard InChI is InChI=1S/C20H14FN3O2S/c21-16-9-7-13(8-10-16)18-23-20(26-24-18)15-5-3-14(4-6-15)19(25)22-12-17-2-1-11-27-17/h1-11H,12H2,(H,22,25). The van der Waals surface area contributed by atoms with Gasteiger partial charge < -0.3 is 9.84 Å². The molecule has 1 amide bonds. The number of halogens is 1. The van der Waals surface area contributed by atoms with Gasteiger partial charge in [-0.05, 0) is 60.0 Å². The van der Waals surface area contributed by atoms with Gasteiger partial charge in [0, 0.05) is 21.6 Å². The molecule has 2 aromatic carbocycles. The summed E-state index contributed by atoms with van der Waals surface area (Å²) in [5.41, 5.74) is 1.91. The molecule has 4 rings (SSSR count). The zero-order valence-corrected chi connectivity index (χ0v) is 14.9. The summed E-state index contributed by atoms with van der Waals surface area (Å²) in [5.74, 6) is 0.241. The summed E-state index contributed by atoms with van der Waals surface area (Å²) in [5, 5.41) is 8.77. The predicted octanol–water partition coefficient (Wildman–Crippen LogP) is 4.53. The number of amides is 1.